The van der Waals surface area contributed by atoms with Crippen molar-refractivity contribution in [2.75, 3.05) is 11.3 Å². The molecule has 12 heteroatoms. The summed E-state index contributed by atoms with van der Waals surface area (Å²) in [5.74, 6) is -2.34. The lowest BCUT2D eigenvalue weighted by molar-refractivity contribution is -0.122. The van der Waals surface area contributed by atoms with Crippen LogP contribution in [0, 0.1) is 0 Å². The molecular weight excluding hydrogens is 563 g/mol. The van der Waals surface area contributed by atoms with Crippen LogP contribution in [0.3, 0.4) is 0 Å². The van der Waals surface area contributed by atoms with Crippen LogP contribution in [0.15, 0.2) is 83.9 Å². The molecule has 0 saturated heterocycles. The Morgan fingerprint density at radius 2 is 1.76 bits per heavy atom. The number of halogens is 1. The van der Waals surface area contributed by atoms with E-state index in [1.54, 1.807) is 53.1 Å². The van der Waals surface area contributed by atoms with Crippen LogP contribution in [0.4, 0.5) is 10.1 Å². The van der Waals surface area contributed by atoms with Gasteiger partial charge in [-0.05, 0) is 68.3 Å². The number of aromatic carboxylic acids is 1. The molecule has 10 nitrogen and oxygen atoms in total. The molecule has 222 valence electrons. The maximum Gasteiger partial charge on any atom is 0.335 e. The predicted octanol–water partition coefficient (Wildman–Crippen LogP) is 4.13. The Balaban J connectivity index is 1.43. The van der Waals surface area contributed by atoms with E-state index in [2.05, 4.69) is 10.0 Å². The standard InChI is InChI=1S/C30H33FN4O6S/c1-30(2,13-14-35-18-24(27(31)28(32)37)23-16-20(29(38)39)11-12-25(23)35)33-17-26(36)19-7-6-8-21(15-19)34-42(40,41)22-9-4-3-5-10-22/h3-12,15-16,18,26-27,33-34,36H,13-14,17H2,1-2H3,(H2,32,37)(H,38,39)/t26-,27?/m1/s1. The van der Waals surface area contributed by atoms with Crippen molar-refractivity contribution < 1.29 is 32.6 Å². The molecule has 2 atom stereocenters. The van der Waals surface area contributed by atoms with E-state index >= 15 is 0 Å². The largest absolute Gasteiger partial charge is 0.478 e. The number of carboxylic acids is 1. The number of carboxylic acid groups (broad SMARTS) is 1. The second kappa shape index (κ2) is 12.3. The summed E-state index contributed by atoms with van der Waals surface area (Å²) in [5, 5.41) is 23.8. The first kappa shape index (κ1) is 30.7. The van der Waals surface area contributed by atoms with Crippen molar-refractivity contribution in [2.45, 2.75) is 49.5 Å². The number of β-amino-alcohol motifs (C(OH)–C–C–N with tert-alkyl or cyclic N) is 1. The summed E-state index contributed by atoms with van der Waals surface area (Å²) in [6.45, 7) is 4.41. The van der Waals surface area contributed by atoms with Crippen LogP contribution in [0.25, 0.3) is 10.9 Å². The highest BCUT2D eigenvalue weighted by Gasteiger charge is 2.25. The van der Waals surface area contributed by atoms with Crippen LogP contribution >= 0.6 is 0 Å². The summed E-state index contributed by atoms with van der Waals surface area (Å²) in [6, 6.07) is 18.8. The Bertz CT molecular complexity index is 1710. The molecule has 1 aromatic heterocycles. The van der Waals surface area contributed by atoms with Gasteiger partial charge in [0.15, 0.2) is 0 Å². The van der Waals surface area contributed by atoms with E-state index in [0.29, 0.717) is 35.1 Å². The van der Waals surface area contributed by atoms with E-state index in [1.807, 2.05) is 13.8 Å². The van der Waals surface area contributed by atoms with E-state index in [4.69, 9.17) is 5.73 Å². The van der Waals surface area contributed by atoms with Crippen LogP contribution in [0.1, 0.15) is 54.0 Å². The number of aliphatic hydroxyl groups excluding tert-OH is 1. The molecule has 6 N–H and O–H groups in total. The minimum absolute atomic E-state index is 0.00422. The van der Waals surface area contributed by atoms with Crippen LogP contribution in [-0.4, -0.2) is 47.2 Å². The first-order chi connectivity index (χ1) is 19.8. The zero-order chi connectivity index (χ0) is 30.7. The van der Waals surface area contributed by atoms with Gasteiger partial charge in [-0.25, -0.2) is 17.6 Å². The van der Waals surface area contributed by atoms with Gasteiger partial charge in [0.1, 0.15) is 0 Å². The van der Waals surface area contributed by atoms with E-state index in [-0.39, 0.29) is 22.6 Å². The number of carbonyl (C=O) groups is 2. The minimum atomic E-state index is -3.78. The number of aryl methyl sites for hydroxylation is 1. The highest BCUT2D eigenvalue weighted by atomic mass is 32.2. The number of benzene rings is 3. The lowest BCUT2D eigenvalue weighted by Gasteiger charge is -2.28. The van der Waals surface area contributed by atoms with Gasteiger partial charge in [-0.2, -0.15) is 0 Å². The predicted molar refractivity (Wildman–Crippen MR) is 157 cm³/mol. The number of amides is 1. The Kier molecular flexibility index (Phi) is 9.00. The topological polar surface area (TPSA) is 164 Å². The zero-order valence-electron chi connectivity index (χ0n) is 23.1. The maximum absolute atomic E-state index is 14.7. The lowest BCUT2D eigenvalue weighted by atomic mass is 9.99. The highest BCUT2D eigenvalue weighted by Crippen LogP contribution is 2.31. The quantitative estimate of drug-likeness (QED) is 0.155. The van der Waals surface area contributed by atoms with Crippen LogP contribution < -0.4 is 15.8 Å². The van der Waals surface area contributed by atoms with Gasteiger partial charge < -0.3 is 25.8 Å². The maximum atomic E-state index is 14.7. The summed E-state index contributed by atoms with van der Waals surface area (Å²) >= 11 is 0. The van der Waals surface area contributed by atoms with Crippen molar-refractivity contribution in [1.82, 2.24) is 9.88 Å². The molecule has 1 unspecified atom stereocenters. The van der Waals surface area contributed by atoms with E-state index in [1.165, 1.54) is 30.5 Å². The second-order valence-electron chi connectivity index (χ2n) is 10.7. The number of sulfonamides is 1. The number of hydrogen-bond acceptors (Lipinski definition) is 6. The molecule has 1 amide bonds. The Morgan fingerprint density at radius 3 is 2.43 bits per heavy atom. The number of aliphatic hydroxyl groups is 1. The fraction of sp³-hybridized carbons (Fsp3) is 0.267. The van der Waals surface area contributed by atoms with E-state index < -0.39 is 39.7 Å². The van der Waals surface area contributed by atoms with E-state index in [0.717, 1.165) is 0 Å². The van der Waals surface area contributed by atoms with Crippen LogP contribution in [0.5, 0.6) is 0 Å². The summed E-state index contributed by atoms with van der Waals surface area (Å²) < 4.78 is 44.3. The number of fused-ring (bicyclic) bond motifs is 1. The van der Waals surface area contributed by atoms with Gasteiger partial charge in [-0.3, -0.25) is 9.52 Å². The fourth-order valence-electron chi connectivity index (χ4n) is 4.60. The third-order valence-electron chi connectivity index (χ3n) is 7.01. The SMILES string of the molecule is CC(C)(CCn1cc(C(F)C(N)=O)c2cc(C(=O)O)ccc21)NC[C@@H](O)c1cccc(NS(=O)(=O)c2ccccc2)c1. The molecule has 0 aliphatic rings. The summed E-state index contributed by atoms with van der Waals surface area (Å²) in [4.78, 5) is 23.1. The zero-order valence-corrected chi connectivity index (χ0v) is 23.9. The fourth-order valence-corrected chi connectivity index (χ4v) is 5.67. The van der Waals surface area contributed by atoms with Gasteiger partial charge in [-0.1, -0.05) is 30.3 Å². The Morgan fingerprint density at radius 1 is 1.05 bits per heavy atom. The Labute approximate surface area is 243 Å². The highest BCUT2D eigenvalue weighted by molar-refractivity contribution is 7.92. The molecule has 0 radical (unpaired) electrons. The lowest BCUT2D eigenvalue weighted by Crippen LogP contribution is -2.42. The molecule has 1 heterocycles. The molecule has 0 aliphatic carbocycles. The van der Waals surface area contributed by atoms with E-state index in [9.17, 15) is 32.6 Å². The summed E-state index contributed by atoms with van der Waals surface area (Å²) in [7, 11) is -3.78. The molecule has 0 fully saturated rings. The molecule has 4 aromatic rings. The number of carbonyl (C=O) groups excluding carboxylic acids is 1. The molecule has 0 aliphatic heterocycles. The molecule has 4 rings (SSSR count). The molecule has 42 heavy (non-hydrogen) atoms. The Hall–Kier alpha value is -4.26. The van der Waals surface area contributed by atoms with Crippen molar-refractivity contribution in [3.05, 3.63) is 95.7 Å². The minimum Gasteiger partial charge on any atom is -0.478 e. The van der Waals surface area contributed by atoms with Crippen molar-refractivity contribution >= 4 is 38.5 Å². The van der Waals surface area contributed by atoms with Gasteiger partial charge in [0.25, 0.3) is 15.9 Å². The van der Waals surface area contributed by atoms with Gasteiger partial charge in [0.05, 0.1) is 16.6 Å². The number of nitrogens with zero attached hydrogens (tertiary/aromatic N) is 1. The second-order valence-corrected chi connectivity index (χ2v) is 12.3. The van der Waals surface area contributed by atoms with Crippen molar-refractivity contribution in [3.63, 3.8) is 0 Å². The number of nitrogens with one attached hydrogen (secondary N) is 2. The van der Waals surface area contributed by atoms with Gasteiger partial charge in [-0.15, -0.1) is 0 Å². The van der Waals surface area contributed by atoms with Crippen molar-refractivity contribution in [3.8, 4) is 0 Å². The summed E-state index contributed by atoms with van der Waals surface area (Å²) in [6.07, 6.45) is -1.04. The van der Waals surface area contributed by atoms with Crippen LogP contribution in [-0.2, 0) is 21.4 Å². The number of anilines is 1. The van der Waals surface area contributed by atoms with Gasteiger partial charge >= 0.3 is 5.97 Å². The average Bonchev–Trinajstić information content (AvgIpc) is 3.32. The number of alkyl halides is 1. The van der Waals surface area contributed by atoms with Crippen molar-refractivity contribution in [2.24, 2.45) is 5.73 Å². The van der Waals surface area contributed by atoms with Gasteiger partial charge in [0, 0.05) is 47.0 Å². The summed E-state index contributed by atoms with van der Waals surface area (Å²) in [5.41, 5.74) is 6.04. The normalized spacial score (nSPS) is 13.5. The monoisotopic (exact) mass is 596 g/mol. The number of nitrogens with two attached hydrogens (primary N) is 1. The first-order valence-corrected chi connectivity index (χ1v) is 14.7. The number of aromatic nitrogens is 1. The first-order valence-electron chi connectivity index (χ1n) is 13.2. The average molecular weight is 597 g/mol. The van der Waals surface area contributed by atoms with Crippen LogP contribution in [0.2, 0.25) is 0 Å². The molecule has 3 aromatic carbocycles. The number of primary amides is 1. The third kappa shape index (κ3) is 7.14. The molecule has 0 spiro atoms. The smallest absolute Gasteiger partial charge is 0.335 e. The van der Waals surface area contributed by atoms with Crippen molar-refractivity contribution in [1.29, 1.82) is 0 Å². The number of hydrogen-bond donors (Lipinski definition) is 5. The molecular formula is C30H33FN4O6S. The molecule has 0 saturated carbocycles. The molecule has 0 bridgehead atoms. The third-order valence-corrected chi connectivity index (χ3v) is 8.41. The number of rotatable bonds is 13. The van der Waals surface area contributed by atoms with Gasteiger partial charge in [0.2, 0.25) is 6.17 Å².